The van der Waals surface area contributed by atoms with Crippen molar-refractivity contribution in [2.24, 2.45) is 0 Å². The van der Waals surface area contributed by atoms with Gasteiger partial charge in [-0.1, -0.05) is 182 Å². The molecule has 2 heterocycles. The Morgan fingerprint density at radius 2 is 0.920 bits per heavy atom. The lowest BCUT2D eigenvalue weighted by Crippen LogP contribution is -2.08. The van der Waals surface area contributed by atoms with Gasteiger partial charge in [0.05, 0.1) is 34.7 Å². The summed E-state index contributed by atoms with van der Waals surface area (Å²) in [5.41, 5.74) is 11.9. The molecule has 6 heteroatoms. The Kier molecular flexibility index (Phi) is 19.9. The van der Waals surface area contributed by atoms with E-state index in [1.807, 2.05) is 71.2 Å². The first kappa shape index (κ1) is 53.4. The lowest BCUT2D eigenvalue weighted by atomic mass is 9.91. The molecule has 75 heavy (non-hydrogen) atoms. The average molecular weight is 1030 g/mol. The normalized spacial score (nSPS) is 12.8. The van der Waals surface area contributed by atoms with E-state index in [1.165, 1.54) is 139 Å². The summed E-state index contributed by atoms with van der Waals surface area (Å²) in [7, 11) is 0. The molecule has 6 aromatic carbocycles. The van der Waals surface area contributed by atoms with E-state index in [1.54, 1.807) is 16.0 Å². The number of hydrogen-bond acceptors (Lipinski definition) is 6. The summed E-state index contributed by atoms with van der Waals surface area (Å²) >= 11 is 4.00. The molecule has 0 saturated heterocycles. The van der Waals surface area contributed by atoms with Gasteiger partial charge in [0.2, 0.25) is 0 Å². The van der Waals surface area contributed by atoms with Crippen LogP contribution in [0.4, 0.5) is 0 Å². The van der Waals surface area contributed by atoms with Crippen LogP contribution in [0.2, 0.25) is 0 Å². The van der Waals surface area contributed by atoms with E-state index in [2.05, 4.69) is 116 Å². The third-order valence-electron chi connectivity index (χ3n) is 15.2. The van der Waals surface area contributed by atoms with Crippen LogP contribution in [0.15, 0.2) is 146 Å². The first-order valence-electron chi connectivity index (χ1n) is 28.4. The summed E-state index contributed by atoms with van der Waals surface area (Å²) in [6.07, 6.45) is 27.1. The second-order valence-corrected chi connectivity index (χ2v) is 22.8. The number of ether oxygens (including phenoxy) is 2. The topological polar surface area (TPSA) is 66.0 Å². The fourth-order valence-corrected chi connectivity index (χ4v) is 13.7. The fraction of sp³-hybridized carbons (Fsp3) is 0.362. The molecule has 8 aromatic rings. The number of nitrogens with zero attached hydrogens (tertiary/aromatic N) is 2. The van der Waals surface area contributed by atoms with Gasteiger partial charge in [0.15, 0.2) is 0 Å². The zero-order chi connectivity index (χ0) is 51.4. The van der Waals surface area contributed by atoms with E-state index >= 15 is 0 Å². The number of unbranched alkanes of at least 4 members (excludes halogenated alkanes) is 15. The smallest absolute Gasteiger partial charge is 0.133 e. The van der Waals surface area contributed by atoms with Crippen molar-refractivity contribution in [3.63, 3.8) is 0 Å². The molecule has 0 fully saturated rings. The van der Waals surface area contributed by atoms with Crippen molar-refractivity contribution >= 4 is 54.0 Å². The minimum absolute atomic E-state index is 0.0440. The van der Waals surface area contributed by atoms with E-state index < -0.39 is 0 Å². The summed E-state index contributed by atoms with van der Waals surface area (Å²) < 4.78 is 16.1. The highest BCUT2D eigenvalue weighted by Gasteiger charge is 2.30. The number of allylic oxidation sites excluding steroid dienone is 2. The second kappa shape index (κ2) is 27.9. The number of nitriles is 2. The zero-order valence-corrected chi connectivity index (χ0v) is 45.9. The van der Waals surface area contributed by atoms with Crippen LogP contribution >= 0.6 is 22.7 Å². The number of fused-ring (bicyclic) bond motifs is 2. The molecule has 0 saturated carbocycles. The van der Waals surface area contributed by atoms with Crippen molar-refractivity contribution in [3.8, 4) is 45.9 Å². The van der Waals surface area contributed by atoms with Gasteiger partial charge in [-0.2, -0.15) is 10.5 Å². The quantitative estimate of drug-likeness (QED) is 0.0438. The number of rotatable bonds is 29. The van der Waals surface area contributed by atoms with Crippen LogP contribution in [0.25, 0.3) is 53.6 Å². The minimum Gasteiger partial charge on any atom is -0.494 e. The van der Waals surface area contributed by atoms with Crippen molar-refractivity contribution in [3.05, 3.63) is 178 Å². The van der Waals surface area contributed by atoms with E-state index in [-0.39, 0.29) is 6.10 Å². The van der Waals surface area contributed by atoms with Gasteiger partial charge in [0.25, 0.3) is 0 Å². The highest BCUT2D eigenvalue weighted by molar-refractivity contribution is 7.20. The lowest BCUT2D eigenvalue weighted by molar-refractivity contribution is 0.194. The Bertz CT molecular complexity index is 3160. The molecule has 0 spiro atoms. The molecule has 1 unspecified atom stereocenters. The Morgan fingerprint density at radius 1 is 0.467 bits per heavy atom. The number of thiophene rings is 2. The predicted octanol–water partition coefficient (Wildman–Crippen LogP) is 21.1. The number of aryl methyl sites for hydroxylation is 1. The van der Waals surface area contributed by atoms with Crippen LogP contribution in [0, 0.1) is 22.7 Å². The Morgan fingerprint density at radius 3 is 1.48 bits per heavy atom. The van der Waals surface area contributed by atoms with Crippen LogP contribution in [0.5, 0.6) is 11.5 Å². The van der Waals surface area contributed by atoms with Gasteiger partial charge in [0.1, 0.15) is 17.6 Å². The molecule has 9 rings (SSSR count). The summed E-state index contributed by atoms with van der Waals surface area (Å²) in [4.78, 5) is 2.97. The van der Waals surface area contributed by atoms with Crippen molar-refractivity contribution < 1.29 is 9.47 Å². The Balaban J connectivity index is 0.838. The van der Waals surface area contributed by atoms with Crippen LogP contribution in [0.1, 0.15) is 180 Å². The maximum atomic E-state index is 9.36. The summed E-state index contributed by atoms with van der Waals surface area (Å²) in [6, 6.07) is 55.3. The van der Waals surface area contributed by atoms with E-state index in [0.29, 0.717) is 11.1 Å². The van der Waals surface area contributed by atoms with Crippen LogP contribution in [-0.4, -0.2) is 6.61 Å². The summed E-state index contributed by atoms with van der Waals surface area (Å²) in [5.74, 6) is 1.83. The van der Waals surface area contributed by atoms with Crippen molar-refractivity contribution in [2.45, 2.75) is 154 Å². The van der Waals surface area contributed by atoms with E-state index in [9.17, 15) is 5.26 Å². The predicted molar refractivity (Wildman–Crippen MR) is 319 cm³/mol. The largest absolute Gasteiger partial charge is 0.494 e. The Labute approximate surface area is 455 Å². The second-order valence-electron chi connectivity index (χ2n) is 20.6. The molecule has 2 aromatic heterocycles. The standard InChI is InChI=1S/C69H74N2O2S2/c1-2-3-4-5-6-10-13-16-28-63(73-58-46-42-56(43-47-58)54-38-34-52(50-71)35-39-54)69-68(62-25-19-21-30-65(62)75-69)60-27-23-26-59(60)67-61-24-18-20-29-64(61)74-66(67)31-17-14-11-8-7-9-12-15-22-48-72-57-44-40-55(41-45-57)53-36-32-51(49-70)33-37-53/h18-21,24-25,29-30,32-47,63H,2-17,22-23,26-28,31,48H2,1H3. The van der Waals surface area contributed by atoms with Gasteiger partial charge in [-0.25, -0.2) is 0 Å². The molecule has 1 aliphatic rings. The molecule has 0 N–H and O–H groups in total. The monoisotopic (exact) mass is 1030 g/mol. The van der Waals surface area contributed by atoms with E-state index in [0.717, 1.165) is 78.9 Å². The van der Waals surface area contributed by atoms with Gasteiger partial charge in [-0.15, -0.1) is 22.7 Å². The maximum absolute atomic E-state index is 9.36. The van der Waals surface area contributed by atoms with Crippen molar-refractivity contribution in [1.29, 1.82) is 10.5 Å². The van der Waals surface area contributed by atoms with Crippen LogP contribution in [-0.2, 0) is 6.42 Å². The lowest BCUT2D eigenvalue weighted by Gasteiger charge is -2.21. The molecule has 1 atom stereocenters. The number of benzene rings is 6. The Hall–Kier alpha value is -6.44. The SMILES string of the molecule is CCCCCCCCCCC(Oc1ccc(-c2ccc(C#N)cc2)cc1)c1sc2ccccc2c1C1=C(c2c(CCCCCCCCCCCOc3ccc(-c4ccc(C#N)cc4)cc3)sc3ccccc23)CCC1. The molecule has 4 nitrogen and oxygen atoms in total. The average Bonchev–Trinajstić information content (AvgIpc) is 4.20. The molecule has 0 bridgehead atoms. The highest BCUT2D eigenvalue weighted by Crippen LogP contribution is 2.52. The third-order valence-corrected chi connectivity index (χ3v) is 17.7. The summed E-state index contributed by atoms with van der Waals surface area (Å²) in [6.45, 7) is 3.05. The van der Waals surface area contributed by atoms with Gasteiger partial charge in [-0.3, -0.25) is 0 Å². The van der Waals surface area contributed by atoms with Gasteiger partial charge < -0.3 is 9.47 Å². The molecular formula is C69H74N2O2S2. The first-order chi connectivity index (χ1) is 37.1. The van der Waals surface area contributed by atoms with Gasteiger partial charge in [-0.05, 0) is 151 Å². The minimum atomic E-state index is -0.0440. The van der Waals surface area contributed by atoms with Crippen LogP contribution < -0.4 is 9.47 Å². The van der Waals surface area contributed by atoms with E-state index in [4.69, 9.17) is 14.7 Å². The van der Waals surface area contributed by atoms with Crippen molar-refractivity contribution in [1.82, 2.24) is 0 Å². The van der Waals surface area contributed by atoms with Gasteiger partial charge in [0, 0.05) is 30.6 Å². The molecule has 0 amide bonds. The summed E-state index contributed by atoms with van der Waals surface area (Å²) in [5, 5.41) is 21.3. The number of hydrogen-bond donors (Lipinski definition) is 0. The van der Waals surface area contributed by atoms with Crippen molar-refractivity contribution in [2.75, 3.05) is 6.61 Å². The molecule has 384 valence electrons. The first-order valence-corrected chi connectivity index (χ1v) is 30.0. The third kappa shape index (κ3) is 14.3. The molecular weight excluding hydrogens is 953 g/mol. The zero-order valence-electron chi connectivity index (χ0n) is 44.2. The molecule has 1 aliphatic carbocycles. The maximum Gasteiger partial charge on any atom is 0.133 e. The fourth-order valence-electron chi connectivity index (χ4n) is 11.1. The molecule has 0 aliphatic heterocycles. The van der Waals surface area contributed by atoms with Gasteiger partial charge >= 0.3 is 0 Å². The highest BCUT2D eigenvalue weighted by atomic mass is 32.1. The molecule has 0 radical (unpaired) electrons. The van der Waals surface area contributed by atoms with Crippen LogP contribution in [0.3, 0.4) is 0 Å².